The highest BCUT2D eigenvalue weighted by Crippen LogP contribution is 2.31. The van der Waals surface area contributed by atoms with Gasteiger partial charge < -0.3 is 15.6 Å². The van der Waals surface area contributed by atoms with Gasteiger partial charge in [0.05, 0.1) is 5.56 Å². The van der Waals surface area contributed by atoms with Crippen molar-refractivity contribution in [1.82, 2.24) is 0 Å². The fourth-order valence-corrected chi connectivity index (χ4v) is 1.84. The lowest BCUT2D eigenvalue weighted by Gasteiger charge is -2.10. The van der Waals surface area contributed by atoms with Crippen molar-refractivity contribution in [2.24, 2.45) is 0 Å². The smallest absolute Gasteiger partial charge is 0.337 e. The molecule has 7 heteroatoms. The van der Waals surface area contributed by atoms with Gasteiger partial charge >= 0.3 is 5.97 Å². The molecule has 0 aliphatic carbocycles. The van der Waals surface area contributed by atoms with Gasteiger partial charge in [-0.2, -0.15) is 0 Å². The number of nitrogens with two attached hydrogens (primary N) is 1. The zero-order chi connectivity index (χ0) is 14.9. The largest absolute Gasteiger partial charge is 0.478 e. The molecule has 0 atom stereocenters. The van der Waals surface area contributed by atoms with Crippen molar-refractivity contribution in [3.05, 3.63) is 52.0 Å². The predicted molar refractivity (Wildman–Crippen MR) is 71.9 cm³/mol. The van der Waals surface area contributed by atoms with Crippen molar-refractivity contribution in [3.63, 3.8) is 0 Å². The van der Waals surface area contributed by atoms with E-state index in [1.807, 2.05) is 0 Å². The Kier molecular flexibility index (Phi) is 3.89. The molecule has 0 aliphatic heterocycles. The SMILES string of the molecule is Nc1cc(F)c(Oc2ccc(Br)cc2F)cc1C(=O)O. The van der Waals surface area contributed by atoms with Gasteiger partial charge in [0.2, 0.25) is 0 Å². The average molecular weight is 344 g/mol. The molecule has 0 fully saturated rings. The Morgan fingerprint density at radius 3 is 2.40 bits per heavy atom. The lowest BCUT2D eigenvalue weighted by atomic mass is 10.1. The summed E-state index contributed by atoms with van der Waals surface area (Å²) in [6.07, 6.45) is 0. The third-order valence-electron chi connectivity index (χ3n) is 2.45. The summed E-state index contributed by atoms with van der Waals surface area (Å²) in [6.45, 7) is 0. The minimum absolute atomic E-state index is 0.229. The fraction of sp³-hybridized carbons (Fsp3) is 0. The van der Waals surface area contributed by atoms with Gasteiger partial charge in [0.25, 0.3) is 0 Å². The third kappa shape index (κ3) is 2.88. The predicted octanol–water partition coefficient (Wildman–Crippen LogP) is 3.80. The Bertz CT molecular complexity index is 692. The van der Waals surface area contributed by atoms with E-state index in [0.717, 1.165) is 18.2 Å². The molecule has 0 saturated heterocycles. The van der Waals surface area contributed by atoms with E-state index in [1.54, 1.807) is 0 Å². The summed E-state index contributed by atoms with van der Waals surface area (Å²) in [4.78, 5) is 10.9. The molecule has 0 aliphatic rings. The van der Waals surface area contributed by atoms with Crippen molar-refractivity contribution in [1.29, 1.82) is 0 Å². The summed E-state index contributed by atoms with van der Waals surface area (Å²) in [7, 11) is 0. The second-order valence-electron chi connectivity index (χ2n) is 3.85. The average Bonchev–Trinajstić information content (AvgIpc) is 2.35. The highest BCUT2D eigenvalue weighted by molar-refractivity contribution is 9.10. The minimum Gasteiger partial charge on any atom is -0.478 e. The van der Waals surface area contributed by atoms with E-state index >= 15 is 0 Å². The normalized spacial score (nSPS) is 10.3. The van der Waals surface area contributed by atoms with Gasteiger partial charge in [-0.1, -0.05) is 15.9 Å². The second kappa shape index (κ2) is 5.46. The first-order valence-corrected chi connectivity index (χ1v) is 6.13. The fourth-order valence-electron chi connectivity index (χ4n) is 1.51. The molecule has 0 amide bonds. The van der Waals surface area contributed by atoms with Crippen LogP contribution >= 0.6 is 15.9 Å². The van der Waals surface area contributed by atoms with Crippen LogP contribution in [-0.4, -0.2) is 11.1 Å². The van der Waals surface area contributed by atoms with Crippen LogP contribution < -0.4 is 10.5 Å². The van der Waals surface area contributed by atoms with E-state index in [2.05, 4.69) is 15.9 Å². The number of hydrogen-bond donors (Lipinski definition) is 2. The molecular weight excluding hydrogens is 336 g/mol. The summed E-state index contributed by atoms with van der Waals surface area (Å²) < 4.78 is 32.8. The molecule has 0 heterocycles. The van der Waals surface area contributed by atoms with Crippen LogP contribution in [0.1, 0.15) is 10.4 Å². The molecule has 20 heavy (non-hydrogen) atoms. The Morgan fingerprint density at radius 1 is 1.15 bits per heavy atom. The van der Waals surface area contributed by atoms with Crippen molar-refractivity contribution in [2.45, 2.75) is 0 Å². The van der Waals surface area contributed by atoms with Crippen LogP contribution in [0.25, 0.3) is 0 Å². The number of carboxylic acid groups (broad SMARTS) is 1. The Labute approximate surface area is 120 Å². The number of carbonyl (C=O) groups is 1. The lowest BCUT2D eigenvalue weighted by molar-refractivity contribution is 0.0697. The molecule has 104 valence electrons. The van der Waals surface area contributed by atoms with Crippen molar-refractivity contribution < 1.29 is 23.4 Å². The van der Waals surface area contributed by atoms with Gasteiger partial charge in [-0.05, 0) is 18.2 Å². The first-order chi connectivity index (χ1) is 9.38. The summed E-state index contributed by atoms with van der Waals surface area (Å²) in [5, 5.41) is 8.90. The molecule has 0 radical (unpaired) electrons. The highest BCUT2D eigenvalue weighted by atomic mass is 79.9. The lowest BCUT2D eigenvalue weighted by Crippen LogP contribution is -2.04. The topological polar surface area (TPSA) is 72.5 Å². The summed E-state index contributed by atoms with van der Waals surface area (Å²) in [6, 6.07) is 5.66. The van der Waals surface area contributed by atoms with Gasteiger partial charge in [-0.25, -0.2) is 13.6 Å². The maximum Gasteiger partial charge on any atom is 0.337 e. The van der Waals surface area contributed by atoms with E-state index in [4.69, 9.17) is 15.6 Å². The molecule has 4 nitrogen and oxygen atoms in total. The quantitative estimate of drug-likeness (QED) is 0.831. The Hall–Kier alpha value is -2.15. The van der Waals surface area contributed by atoms with Gasteiger partial charge in [0.1, 0.15) is 0 Å². The van der Waals surface area contributed by atoms with Crippen LogP contribution in [-0.2, 0) is 0 Å². The van der Waals surface area contributed by atoms with E-state index in [1.165, 1.54) is 12.1 Å². The monoisotopic (exact) mass is 343 g/mol. The van der Waals surface area contributed by atoms with Crippen LogP contribution in [0.15, 0.2) is 34.8 Å². The van der Waals surface area contributed by atoms with E-state index in [9.17, 15) is 13.6 Å². The minimum atomic E-state index is -1.33. The summed E-state index contributed by atoms with van der Waals surface area (Å²) in [5.74, 6) is -3.57. The van der Waals surface area contributed by atoms with Crippen LogP contribution in [0.2, 0.25) is 0 Å². The van der Waals surface area contributed by atoms with Crippen molar-refractivity contribution in [3.8, 4) is 11.5 Å². The molecular formula is C13H8BrF2NO3. The van der Waals surface area contributed by atoms with Crippen LogP contribution in [0.4, 0.5) is 14.5 Å². The van der Waals surface area contributed by atoms with Gasteiger partial charge in [-0.15, -0.1) is 0 Å². The van der Waals surface area contributed by atoms with Gasteiger partial charge in [0.15, 0.2) is 23.1 Å². The molecule has 2 aromatic carbocycles. The third-order valence-corrected chi connectivity index (χ3v) is 2.94. The molecule has 2 rings (SSSR count). The number of anilines is 1. The molecule has 3 N–H and O–H groups in total. The Morgan fingerprint density at radius 2 is 1.80 bits per heavy atom. The number of nitrogen functional groups attached to an aromatic ring is 1. The molecule has 0 aromatic heterocycles. The number of carboxylic acids is 1. The molecule has 0 spiro atoms. The van der Waals surface area contributed by atoms with Crippen molar-refractivity contribution in [2.75, 3.05) is 5.73 Å². The van der Waals surface area contributed by atoms with Gasteiger partial charge in [0, 0.05) is 22.3 Å². The zero-order valence-electron chi connectivity index (χ0n) is 9.86. The summed E-state index contributed by atoms with van der Waals surface area (Å²) in [5.41, 5.74) is 4.82. The number of aromatic carboxylic acids is 1. The number of halogens is 3. The number of benzene rings is 2. The summed E-state index contributed by atoms with van der Waals surface area (Å²) >= 11 is 3.07. The van der Waals surface area contributed by atoms with E-state index in [-0.39, 0.29) is 17.0 Å². The number of hydrogen-bond acceptors (Lipinski definition) is 3. The maximum absolute atomic E-state index is 13.7. The first-order valence-electron chi connectivity index (χ1n) is 5.33. The molecule has 0 saturated carbocycles. The molecule has 0 unspecified atom stereocenters. The van der Waals surface area contributed by atoms with Crippen LogP contribution in [0.3, 0.4) is 0 Å². The van der Waals surface area contributed by atoms with Gasteiger partial charge in [-0.3, -0.25) is 0 Å². The number of ether oxygens (including phenoxy) is 1. The van der Waals surface area contributed by atoms with Crippen LogP contribution in [0.5, 0.6) is 11.5 Å². The van der Waals surface area contributed by atoms with Crippen molar-refractivity contribution >= 4 is 27.6 Å². The van der Waals surface area contributed by atoms with E-state index in [0.29, 0.717) is 4.47 Å². The zero-order valence-corrected chi connectivity index (χ0v) is 11.4. The first kappa shape index (κ1) is 14.3. The molecule has 2 aromatic rings. The number of rotatable bonds is 3. The Balaban J connectivity index is 2.43. The van der Waals surface area contributed by atoms with Crippen LogP contribution in [0, 0.1) is 11.6 Å². The second-order valence-corrected chi connectivity index (χ2v) is 4.77. The highest BCUT2D eigenvalue weighted by Gasteiger charge is 2.16. The maximum atomic E-state index is 13.7. The molecule has 0 bridgehead atoms. The standard InChI is InChI=1S/C13H8BrF2NO3/c14-6-1-2-11(8(15)3-6)20-12-4-7(13(18)19)10(17)5-9(12)16/h1-5H,17H2,(H,18,19). The van der Waals surface area contributed by atoms with E-state index < -0.39 is 23.4 Å².